The minimum atomic E-state index is 0.496. The highest BCUT2D eigenvalue weighted by Crippen LogP contribution is 2.42. The third-order valence-corrected chi connectivity index (χ3v) is 5.43. The SMILES string of the molecule is CCC1(CNC(=NC)NCc2csc(N(C)C)n2)CCC1. The fraction of sp³-hybridized carbons (Fsp3) is 0.733. The summed E-state index contributed by atoms with van der Waals surface area (Å²) < 4.78 is 0. The van der Waals surface area contributed by atoms with Gasteiger partial charge >= 0.3 is 0 Å². The number of hydrogen-bond acceptors (Lipinski definition) is 4. The largest absolute Gasteiger partial charge is 0.356 e. The third kappa shape index (κ3) is 4.09. The lowest BCUT2D eigenvalue weighted by Crippen LogP contribution is -2.46. The summed E-state index contributed by atoms with van der Waals surface area (Å²) in [5, 5.41) is 9.94. The minimum absolute atomic E-state index is 0.496. The first-order valence-electron chi connectivity index (χ1n) is 7.65. The van der Waals surface area contributed by atoms with Crippen LogP contribution in [0.5, 0.6) is 0 Å². The number of anilines is 1. The Bertz CT molecular complexity index is 471. The van der Waals surface area contributed by atoms with Crippen LogP contribution in [0.25, 0.3) is 0 Å². The molecule has 0 unspecified atom stereocenters. The second kappa shape index (κ2) is 7.11. The molecule has 21 heavy (non-hydrogen) atoms. The van der Waals surface area contributed by atoms with Gasteiger partial charge in [0, 0.05) is 33.1 Å². The van der Waals surface area contributed by atoms with Crippen LogP contribution in [-0.4, -0.2) is 38.6 Å². The van der Waals surface area contributed by atoms with Crippen LogP contribution in [0, 0.1) is 5.41 Å². The molecule has 118 valence electrons. The van der Waals surface area contributed by atoms with E-state index in [1.54, 1.807) is 11.3 Å². The van der Waals surface area contributed by atoms with Gasteiger partial charge in [0.1, 0.15) is 0 Å². The second-order valence-electron chi connectivity index (χ2n) is 6.00. The van der Waals surface area contributed by atoms with Gasteiger partial charge in [-0.1, -0.05) is 13.3 Å². The van der Waals surface area contributed by atoms with E-state index >= 15 is 0 Å². The summed E-state index contributed by atoms with van der Waals surface area (Å²) in [6.45, 7) is 4.02. The third-order valence-electron chi connectivity index (χ3n) is 4.38. The maximum Gasteiger partial charge on any atom is 0.191 e. The number of guanidine groups is 1. The highest BCUT2D eigenvalue weighted by molar-refractivity contribution is 7.13. The Labute approximate surface area is 131 Å². The summed E-state index contributed by atoms with van der Waals surface area (Å²) in [7, 11) is 5.85. The first-order chi connectivity index (χ1) is 10.1. The number of aliphatic imine (C=N–C) groups is 1. The maximum absolute atomic E-state index is 4.57. The fourth-order valence-corrected chi connectivity index (χ4v) is 3.34. The first kappa shape index (κ1) is 16.1. The molecule has 0 bridgehead atoms. The van der Waals surface area contributed by atoms with Gasteiger partial charge in [0.25, 0.3) is 0 Å². The number of thiazole rings is 1. The Morgan fingerprint density at radius 2 is 2.19 bits per heavy atom. The summed E-state index contributed by atoms with van der Waals surface area (Å²) in [5.74, 6) is 0.870. The second-order valence-corrected chi connectivity index (χ2v) is 6.84. The molecule has 2 N–H and O–H groups in total. The van der Waals surface area contributed by atoms with E-state index in [-0.39, 0.29) is 0 Å². The maximum atomic E-state index is 4.57. The molecular formula is C15H27N5S. The summed E-state index contributed by atoms with van der Waals surface area (Å²) in [6, 6.07) is 0. The van der Waals surface area contributed by atoms with E-state index in [9.17, 15) is 0 Å². The lowest BCUT2D eigenvalue weighted by molar-refractivity contribution is 0.131. The number of nitrogens with zero attached hydrogens (tertiary/aromatic N) is 3. The summed E-state index contributed by atoms with van der Waals surface area (Å²) in [6.07, 6.45) is 5.29. The zero-order valence-corrected chi connectivity index (χ0v) is 14.4. The number of aromatic nitrogens is 1. The van der Waals surface area contributed by atoms with E-state index in [2.05, 4.69) is 32.9 Å². The smallest absolute Gasteiger partial charge is 0.191 e. The topological polar surface area (TPSA) is 52.6 Å². The molecule has 5 nitrogen and oxygen atoms in total. The average molecular weight is 309 g/mol. The van der Waals surface area contributed by atoms with Gasteiger partial charge in [-0.25, -0.2) is 4.98 Å². The van der Waals surface area contributed by atoms with Gasteiger partial charge in [-0.2, -0.15) is 0 Å². The lowest BCUT2D eigenvalue weighted by atomic mass is 9.67. The Hall–Kier alpha value is -1.30. The molecule has 1 aromatic heterocycles. The molecular weight excluding hydrogens is 282 g/mol. The quantitative estimate of drug-likeness (QED) is 0.626. The summed E-state index contributed by atoms with van der Waals surface area (Å²) in [5.41, 5.74) is 1.55. The van der Waals surface area contributed by atoms with Crippen LogP contribution in [0.1, 0.15) is 38.3 Å². The van der Waals surface area contributed by atoms with Crippen LogP contribution in [0.4, 0.5) is 5.13 Å². The van der Waals surface area contributed by atoms with Gasteiger partial charge in [0.2, 0.25) is 0 Å². The molecule has 0 aromatic carbocycles. The van der Waals surface area contributed by atoms with Gasteiger partial charge in [0.05, 0.1) is 12.2 Å². The van der Waals surface area contributed by atoms with Crippen molar-refractivity contribution >= 4 is 22.4 Å². The summed E-state index contributed by atoms with van der Waals surface area (Å²) >= 11 is 1.67. The molecule has 1 aliphatic rings. The van der Waals surface area contributed by atoms with E-state index < -0.39 is 0 Å². The molecule has 1 aromatic rings. The molecule has 1 heterocycles. The Morgan fingerprint density at radius 3 is 2.67 bits per heavy atom. The molecule has 6 heteroatoms. The monoisotopic (exact) mass is 309 g/mol. The zero-order valence-electron chi connectivity index (χ0n) is 13.6. The van der Waals surface area contributed by atoms with Crippen molar-refractivity contribution in [2.45, 2.75) is 39.2 Å². The number of rotatable bonds is 6. The van der Waals surface area contributed by atoms with E-state index in [1.165, 1.54) is 25.7 Å². The van der Waals surface area contributed by atoms with Crippen LogP contribution in [0.15, 0.2) is 10.4 Å². The Morgan fingerprint density at radius 1 is 1.43 bits per heavy atom. The molecule has 1 saturated carbocycles. The van der Waals surface area contributed by atoms with E-state index in [0.717, 1.165) is 23.3 Å². The van der Waals surface area contributed by atoms with Crippen LogP contribution in [0.3, 0.4) is 0 Å². The highest BCUT2D eigenvalue weighted by atomic mass is 32.1. The van der Waals surface area contributed by atoms with Crippen molar-refractivity contribution < 1.29 is 0 Å². The van der Waals surface area contributed by atoms with Crippen molar-refractivity contribution in [3.63, 3.8) is 0 Å². The van der Waals surface area contributed by atoms with Gasteiger partial charge in [-0.3, -0.25) is 4.99 Å². The van der Waals surface area contributed by atoms with E-state index in [4.69, 9.17) is 0 Å². The molecule has 0 radical (unpaired) electrons. The Balaban J connectivity index is 1.79. The zero-order chi connectivity index (χ0) is 15.3. The lowest BCUT2D eigenvalue weighted by Gasteiger charge is -2.41. The van der Waals surface area contributed by atoms with Crippen molar-refractivity contribution in [1.82, 2.24) is 15.6 Å². The molecule has 0 spiro atoms. The molecule has 0 amide bonds. The van der Waals surface area contributed by atoms with Crippen LogP contribution >= 0.6 is 11.3 Å². The molecule has 0 saturated heterocycles. The molecule has 0 atom stereocenters. The van der Waals surface area contributed by atoms with Crippen LogP contribution in [0.2, 0.25) is 0 Å². The van der Waals surface area contributed by atoms with Crippen LogP contribution < -0.4 is 15.5 Å². The van der Waals surface area contributed by atoms with Gasteiger partial charge < -0.3 is 15.5 Å². The van der Waals surface area contributed by atoms with E-state index in [0.29, 0.717) is 12.0 Å². The van der Waals surface area contributed by atoms with Gasteiger partial charge in [-0.15, -0.1) is 11.3 Å². The van der Waals surface area contributed by atoms with Crippen LogP contribution in [-0.2, 0) is 6.54 Å². The molecule has 1 aliphatic carbocycles. The van der Waals surface area contributed by atoms with Crippen molar-refractivity contribution in [1.29, 1.82) is 0 Å². The predicted octanol–water partition coefficient (Wildman–Crippen LogP) is 2.45. The number of nitrogens with one attached hydrogen (secondary N) is 2. The average Bonchev–Trinajstić information content (AvgIpc) is 2.90. The fourth-order valence-electron chi connectivity index (χ4n) is 2.58. The standard InChI is InChI=1S/C15H27N5S/c1-5-15(7-6-8-15)11-18-13(16-2)17-9-12-10-21-14(19-12)20(3)4/h10H,5-9,11H2,1-4H3,(H2,16,17,18). The molecule has 1 fully saturated rings. The van der Waals surface area contributed by atoms with Crippen molar-refractivity contribution in [2.24, 2.45) is 10.4 Å². The van der Waals surface area contributed by atoms with E-state index in [1.807, 2.05) is 26.0 Å². The van der Waals surface area contributed by atoms with Crippen molar-refractivity contribution in [3.05, 3.63) is 11.1 Å². The normalized spacial score (nSPS) is 17.2. The van der Waals surface area contributed by atoms with Gasteiger partial charge in [0.15, 0.2) is 11.1 Å². The van der Waals surface area contributed by atoms with Crippen molar-refractivity contribution in [2.75, 3.05) is 32.6 Å². The molecule has 2 rings (SSSR count). The minimum Gasteiger partial charge on any atom is -0.356 e. The predicted molar refractivity (Wildman–Crippen MR) is 91.2 cm³/mol. The number of hydrogen-bond donors (Lipinski definition) is 2. The molecule has 0 aliphatic heterocycles. The first-order valence-corrected chi connectivity index (χ1v) is 8.53. The summed E-state index contributed by atoms with van der Waals surface area (Å²) in [4.78, 5) is 10.9. The highest BCUT2D eigenvalue weighted by Gasteiger charge is 2.34. The van der Waals surface area contributed by atoms with Crippen molar-refractivity contribution in [3.8, 4) is 0 Å². The Kier molecular flexibility index (Phi) is 5.45. The van der Waals surface area contributed by atoms with Gasteiger partial charge in [-0.05, 0) is 24.7 Å².